The van der Waals surface area contributed by atoms with Crippen LogP contribution in [0, 0.1) is 0 Å². The number of carbonyl (C=O) groups excluding carboxylic acids is 1. The monoisotopic (exact) mass is 291 g/mol. The lowest BCUT2D eigenvalue weighted by Gasteiger charge is -2.18. The first-order valence-electron chi connectivity index (χ1n) is 6.69. The second kappa shape index (κ2) is 7.33. The summed E-state index contributed by atoms with van der Waals surface area (Å²) in [5.41, 5.74) is 1.02. The Morgan fingerprint density at radius 1 is 1.24 bits per heavy atom. The Morgan fingerprint density at radius 2 is 2.00 bits per heavy atom. The van der Waals surface area contributed by atoms with Gasteiger partial charge < -0.3 is 19.9 Å². The standard InChI is InChI=1S/C15H17NO5/c17-14(13-10-20-8-9-21-13)16-12(15(18)19)7-6-11-4-2-1-3-5-11/h1-5,10,12H,6-9H2,(H,16,17)(H,18,19). The molecule has 1 heterocycles. The van der Waals surface area contributed by atoms with Crippen LogP contribution in [0.1, 0.15) is 12.0 Å². The molecule has 1 aromatic rings. The van der Waals surface area contributed by atoms with Gasteiger partial charge in [0.2, 0.25) is 5.76 Å². The summed E-state index contributed by atoms with van der Waals surface area (Å²) < 4.78 is 10.1. The highest BCUT2D eigenvalue weighted by Crippen LogP contribution is 2.08. The molecule has 6 nitrogen and oxygen atoms in total. The molecule has 1 unspecified atom stereocenters. The van der Waals surface area contributed by atoms with E-state index in [9.17, 15) is 14.7 Å². The molecule has 0 saturated heterocycles. The van der Waals surface area contributed by atoms with Crippen LogP contribution in [0.5, 0.6) is 0 Å². The number of aliphatic carboxylic acids is 1. The fourth-order valence-corrected chi connectivity index (χ4v) is 1.93. The van der Waals surface area contributed by atoms with Crippen molar-refractivity contribution in [2.24, 2.45) is 0 Å². The van der Waals surface area contributed by atoms with Crippen LogP contribution in [-0.2, 0) is 25.5 Å². The lowest BCUT2D eigenvalue weighted by molar-refractivity contribution is -0.142. The largest absolute Gasteiger partial charge is 0.494 e. The molecule has 1 aliphatic heterocycles. The first-order valence-corrected chi connectivity index (χ1v) is 6.69. The summed E-state index contributed by atoms with van der Waals surface area (Å²) in [6, 6.07) is 8.54. The van der Waals surface area contributed by atoms with Crippen LogP contribution in [0.2, 0.25) is 0 Å². The van der Waals surface area contributed by atoms with E-state index in [0.717, 1.165) is 5.56 Å². The van der Waals surface area contributed by atoms with E-state index >= 15 is 0 Å². The quantitative estimate of drug-likeness (QED) is 0.819. The van der Waals surface area contributed by atoms with Gasteiger partial charge in [-0.15, -0.1) is 0 Å². The molecule has 1 atom stereocenters. The zero-order valence-electron chi connectivity index (χ0n) is 11.5. The Bertz CT molecular complexity index is 526. The normalized spacial score (nSPS) is 15.1. The fourth-order valence-electron chi connectivity index (χ4n) is 1.93. The molecular weight excluding hydrogens is 274 g/mol. The minimum Gasteiger partial charge on any atom is -0.494 e. The van der Waals surface area contributed by atoms with Crippen molar-refractivity contribution in [1.29, 1.82) is 0 Å². The molecule has 2 N–H and O–H groups in total. The van der Waals surface area contributed by atoms with Crippen molar-refractivity contribution >= 4 is 11.9 Å². The number of carbonyl (C=O) groups is 2. The number of rotatable bonds is 6. The number of nitrogens with one attached hydrogen (secondary N) is 1. The van der Waals surface area contributed by atoms with E-state index in [1.54, 1.807) is 0 Å². The molecule has 0 radical (unpaired) electrons. The summed E-state index contributed by atoms with van der Waals surface area (Å²) in [5.74, 6) is -1.64. The Morgan fingerprint density at radius 3 is 2.62 bits per heavy atom. The van der Waals surface area contributed by atoms with Crippen LogP contribution in [-0.4, -0.2) is 36.2 Å². The average molecular weight is 291 g/mol. The Kier molecular flexibility index (Phi) is 5.20. The van der Waals surface area contributed by atoms with Gasteiger partial charge in [0.05, 0.1) is 0 Å². The van der Waals surface area contributed by atoms with Gasteiger partial charge in [-0.05, 0) is 18.4 Å². The van der Waals surface area contributed by atoms with Crippen LogP contribution in [0.4, 0.5) is 0 Å². The first kappa shape index (κ1) is 14.9. The van der Waals surface area contributed by atoms with Crippen molar-refractivity contribution in [3.63, 3.8) is 0 Å². The minimum absolute atomic E-state index is 0.00668. The van der Waals surface area contributed by atoms with Gasteiger partial charge in [0.1, 0.15) is 25.5 Å². The number of aryl methyl sites for hydroxylation is 1. The molecule has 0 aromatic heterocycles. The number of ether oxygens (including phenoxy) is 2. The van der Waals surface area contributed by atoms with E-state index in [1.807, 2.05) is 30.3 Å². The van der Waals surface area contributed by atoms with E-state index in [0.29, 0.717) is 19.4 Å². The summed E-state index contributed by atoms with van der Waals surface area (Å²) in [6.45, 7) is 0.661. The third kappa shape index (κ3) is 4.52. The van der Waals surface area contributed by atoms with Crippen LogP contribution < -0.4 is 5.32 Å². The number of benzene rings is 1. The van der Waals surface area contributed by atoms with Crippen LogP contribution in [0.25, 0.3) is 0 Å². The molecule has 0 aliphatic carbocycles. The maximum absolute atomic E-state index is 11.9. The topological polar surface area (TPSA) is 84.9 Å². The van der Waals surface area contributed by atoms with Gasteiger partial charge in [0.15, 0.2) is 0 Å². The highest BCUT2D eigenvalue weighted by molar-refractivity contribution is 5.94. The van der Waals surface area contributed by atoms with Gasteiger partial charge in [-0.2, -0.15) is 0 Å². The predicted molar refractivity (Wildman–Crippen MR) is 74.3 cm³/mol. The summed E-state index contributed by atoms with van der Waals surface area (Å²) in [7, 11) is 0. The molecule has 112 valence electrons. The Balaban J connectivity index is 1.91. The molecule has 21 heavy (non-hydrogen) atoms. The van der Waals surface area contributed by atoms with Crippen molar-refractivity contribution in [1.82, 2.24) is 5.32 Å². The van der Waals surface area contributed by atoms with Gasteiger partial charge in [0.25, 0.3) is 5.91 Å². The summed E-state index contributed by atoms with van der Waals surface area (Å²) >= 11 is 0. The fraction of sp³-hybridized carbons (Fsp3) is 0.333. The smallest absolute Gasteiger partial charge is 0.326 e. The van der Waals surface area contributed by atoms with Crippen LogP contribution >= 0.6 is 0 Å². The van der Waals surface area contributed by atoms with Crippen LogP contribution in [0.3, 0.4) is 0 Å². The number of hydrogen-bond donors (Lipinski definition) is 2. The van der Waals surface area contributed by atoms with Crippen molar-refractivity contribution in [2.75, 3.05) is 13.2 Å². The zero-order valence-corrected chi connectivity index (χ0v) is 11.5. The van der Waals surface area contributed by atoms with E-state index in [4.69, 9.17) is 9.47 Å². The number of amides is 1. The SMILES string of the molecule is O=C(NC(CCc1ccccc1)C(=O)O)C1=COCCO1. The molecule has 1 aromatic carbocycles. The summed E-state index contributed by atoms with van der Waals surface area (Å²) in [5, 5.41) is 11.6. The minimum atomic E-state index is -1.07. The Labute approximate surface area is 122 Å². The van der Waals surface area contributed by atoms with Crippen molar-refractivity contribution in [3.8, 4) is 0 Å². The van der Waals surface area contributed by atoms with Crippen molar-refractivity contribution in [2.45, 2.75) is 18.9 Å². The van der Waals surface area contributed by atoms with E-state index in [2.05, 4.69) is 5.32 Å². The zero-order chi connectivity index (χ0) is 15.1. The molecule has 0 spiro atoms. The number of carboxylic acids is 1. The average Bonchev–Trinajstić information content (AvgIpc) is 2.52. The lowest BCUT2D eigenvalue weighted by atomic mass is 10.1. The first-order chi connectivity index (χ1) is 10.2. The van der Waals surface area contributed by atoms with Gasteiger partial charge >= 0.3 is 5.97 Å². The molecule has 6 heteroatoms. The number of carboxylic acid groups (broad SMARTS) is 1. The van der Waals surface area contributed by atoms with Crippen LogP contribution in [0.15, 0.2) is 42.4 Å². The maximum atomic E-state index is 11.9. The second-order valence-electron chi connectivity index (χ2n) is 4.59. The maximum Gasteiger partial charge on any atom is 0.326 e. The van der Waals surface area contributed by atoms with Crippen molar-refractivity contribution in [3.05, 3.63) is 47.9 Å². The third-order valence-corrected chi connectivity index (χ3v) is 3.04. The van der Waals surface area contributed by atoms with Gasteiger partial charge in [-0.1, -0.05) is 30.3 Å². The third-order valence-electron chi connectivity index (χ3n) is 3.04. The lowest BCUT2D eigenvalue weighted by Crippen LogP contribution is -2.42. The van der Waals surface area contributed by atoms with Gasteiger partial charge in [0, 0.05) is 0 Å². The highest BCUT2D eigenvalue weighted by Gasteiger charge is 2.23. The van der Waals surface area contributed by atoms with Gasteiger partial charge in [-0.25, -0.2) is 4.79 Å². The predicted octanol–water partition coefficient (Wildman–Crippen LogP) is 1.08. The summed E-state index contributed by atoms with van der Waals surface area (Å²) in [4.78, 5) is 23.1. The van der Waals surface area contributed by atoms with Crippen molar-refractivity contribution < 1.29 is 24.2 Å². The molecular formula is C15H17NO5. The second-order valence-corrected chi connectivity index (χ2v) is 4.59. The summed E-state index contributed by atoms with van der Waals surface area (Å²) in [6.07, 6.45) is 2.07. The van der Waals surface area contributed by atoms with E-state index < -0.39 is 17.9 Å². The molecule has 0 fully saturated rings. The molecule has 0 saturated carbocycles. The Hall–Kier alpha value is -2.50. The van der Waals surface area contributed by atoms with Gasteiger partial charge in [-0.3, -0.25) is 4.79 Å². The number of hydrogen-bond acceptors (Lipinski definition) is 4. The molecule has 2 rings (SSSR count). The molecule has 1 amide bonds. The van der Waals surface area contributed by atoms with E-state index in [-0.39, 0.29) is 12.4 Å². The molecule has 0 bridgehead atoms. The molecule has 1 aliphatic rings. The highest BCUT2D eigenvalue weighted by atomic mass is 16.6. The van der Waals surface area contributed by atoms with E-state index in [1.165, 1.54) is 6.26 Å².